The minimum Gasteiger partial charge on any atom is -0.328 e. The molecule has 0 aliphatic carbocycles. The average Bonchev–Trinajstić information content (AvgIpc) is 1.94. The van der Waals surface area contributed by atoms with Crippen molar-refractivity contribution in [2.24, 2.45) is 5.73 Å². The maximum absolute atomic E-state index is 11.0. The molecule has 1 heterocycles. The molecule has 2 N–H and O–H groups in total. The standard InChI is InChI=1S/C6H13NO2S/c7-6-2-1-4-10(8,9)5-3-6/h6H,1-5,7H2. The van der Waals surface area contributed by atoms with Gasteiger partial charge >= 0.3 is 0 Å². The van der Waals surface area contributed by atoms with Gasteiger partial charge in [0.1, 0.15) is 9.84 Å². The van der Waals surface area contributed by atoms with E-state index in [1.165, 1.54) is 0 Å². The molecule has 1 aliphatic rings. The summed E-state index contributed by atoms with van der Waals surface area (Å²) in [4.78, 5) is 0. The zero-order valence-corrected chi connectivity index (χ0v) is 6.73. The van der Waals surface area contributed by atoms with Crippen molar-refractivity contribution in [2.45, 2.75) is 25.3 Å². The summed E-state index contributed by atoms with van der Waals surface area (Å²) in [5, 5.41) is 0. The van der Waals surface area contributed by atoms with E-state index < -0.39 is 9.84 Å². The van der Waals surface area contributed by atoms with E-state index in [1.54, 1.807) is 0 Å². The van der Waals surface area contributed by atoms with Crippen molar-refractivity contribution in [1.29, 1.82) is 0 Å². The van der Waals surface area contributed by atoms with Crippen molar-refractivity contribution in [3.8, 4) is 0 Å². The van der Waals surface area contributed by atoms with Crippen molar-refractivity contribution < 1.29 is 8.42 Å². The quantitative estimate of drug-likeness (QED) is 0.543. The molecule has 60 valence electrons. The van der Waals surface area contributed by atoms with E-state index in [2.05, 4.69) is 0 Å². The Bertz CT molecular complexity index is 198. The molecule has 10 heavy (non-hydrogen) atoms. The van der Waals surface area contributed by atoms with Gasteiger partial charge < -0.3 is 5.73 Å². The lowest BCUT2D eigenvalue weighted by molar-refractivity contribution is 0.592. The maximum Gasteiger partial charge on any atom is 0.150 e. The van der Waals surface area contributed by atoms with E-state index in [0.717, 1.165) is 12.8 Å². The molecule has 1 fully saturated rings. The van der Waals surface area contributed by atoms with Crippen LogP contribution in [-0.2, 0) is 9.84 Å². The predicted octanol–water partition coefficient (Wildman–Crippen LogP) is -0.0876. The molecule has 0 amide bonds. The number of sulfone groups is 1. The molecule has 1 aliphatic heterocycles. The number of hydrogen-bond donors (Lipinski definition) is 1. The van der Waals surface area contributed by atoms with Gasteiger partial charge in [0.2, 0.25) is 0 Å². The summed E-state index contributed by atoms with van der Waals surface area (Å²) in [6.45, 7) is 0. The van der Waals surface area contributed by atoms with Gasteiger partial charge in [-0.05, 0) is 19.3 Å². The van der Waals surface area contributed by atoms with Gasteiger partial charge in [-0.3, -0.25) is 0 Å². The molecule has 0 bridgehead atoms. The molecule has 4 heteroatoms. The van der Waals surface area contributed by atoms with Crippen molar-refractivity contribution in [2.75, 3.05) is 11.5 Å². The molecule has 0 aromatic carbocycles. The molecule has 0 spiro atoms. The fraction of sp³-hybridized carbons (Fsp3) is 1.00. The topological polar surface area (TPSA) is 60.2 Å². The van der Waals surface area contributed by atoms with E-state index in [0.29, 0.717) is 12.2 Å². The van der Waals surface area contributed by atoms with Gasteiger partial charge in [0.15, 0.2) is 0 Å². The van der Waals surface area contributed by atoms with Crippen LogP contribution in [-0.4, -0.2) is 26.0 Å². The molecule has 1 unspecified atom stereocenters. The van der Waals surface area contributed by atoms with Crippen molar-refractivity contribution >= 4 is 9.84 Å². The van der Waals surface area contributed by atoms with Crippen LogP contribution in [0.1, 0.15) is 19.3 Å². The Morgan fingerprint density at radius 3 is 2.60 bits per heavy atom. The maximum atomic E-state index is 11.0. The zero-order chi connectivity index (χ0) is 7.61. The highest BCUT2D eigenvalue weighted by Crippen LogP contribution is 2.10. The molecule has 1 saturated heterocycles. The summed E-state index contributed by atoms with van der Waals surface area (Å²) in [6, 6.07) is 0.109. The van der Waals surface area contributed by atoms with Crippen LogP contribution < -0.4 is 5.73 Å². The van der Waals surface area contributed by atoms with Gasteiger partial charge in [0.05, 0.1) is 11.5 Å². The van der Waals surface area contributed by atoms with E-state index >= 15 is 0 Å². The third kappa shape index (κ3) is 2.27. The Balaban J connectivity index is 2.58. The van der Waals surface area contributed by atoms with E-state index in [9.17, 15) is 8.42 Å². The van der Waals surface area contributed by atoms with E-state index in [1.807, 2.05) is 0 Å². The SMILES string of the molecule is NC1CCCS(=O)(=O)CC1. The highest BCUT2D eigenvalue weighted by atomic mass is 32.2. The van der Waals surface area contributed by atoms with Gasteiger partial charge in [0.25, 0.3) is 0 Å². The van der Waals surface area contributed by atoms with Gasteiger partial charge in [0, 0.05) is 6.04 Å². The first-order valence-electron chi connectivity index (χ1n) is 3.56. The van der Waals surface area contributed by atoms with Crippen LogP contribution in [0.5, 0.6) is 0 Å². The Hall–Kier alpha value is -0.0900. The van der Waals surface area contributed by atoms with Gasteiger partial charge in [-0.15, -0.1) is 0 Å². The lowest BCUT2D eigenvalue weighted by Gasteiger charge is -2.02. The largest absolute Gasteiger partial charge is 0.328 e. The third-order valence-corrected chi connectivity index (χ3v) is 3.60. The third-order valence-electron chi connectivity index (χ3n) is 1.83. The fourth-order valence-corrected chi connectivity index (χ4v) is 2.62. The normalized spacial score (nSPS) is 33.1. The van der Waals surface area contributed by atoms with Gasteiger partial charge in [-0.25, -0.2) is 8.42 Å². The summed E-state index contributed by atoms with van der Waals surface area (Å²) < 4.78 is 21.9. The minimum absolute atomic E-state index is 0.109. The van der Waals surface area contributed by atoms with Crippen LogP contribution in [0.15, 0.2) is 0 Å². The smallest absolute Gasteiger partial charge is 0.150 e. The Kier molecular flexibility index (Phi) is 2.31. The lowest BCUT2D eigenvalue weighted by atomic mass is 10.1. The lowest BCUT2D eigenvalue weighted by Crippen LogP contribution is -2.20. The summed E-state index contributed by atoms with van der Waals surface area (Å²) in [5.74, 6) is 0.620. The Labute approximate surface area is 61.5 Å². The second kappa shape index (κ2) is 2.88. The molecule has 1 rings (SSSR count). The van der Waals surface area contributed by atoms with E-state index in [4.69, 9.17) is 5.73 Å². The van der Waals surface area contributed by atoms with Crippen molar-refractivity contribution in [3.63, 3.8) is 0 Å². The van der Waals surface area contributed by atoms with Gasteiger partial charge in [-0.2, -0.15) is 0 Å². The summed E-state index contributed by atoms with van der Waals surface area (Å²) in [6.07, 6.45) is 2.24. The van der Waals surface area contributed by atoms with Crippen LogP contribution >= 0.6 is 0 Å². The zero-order valence-electron chi connectivity index (χ0n) is 5.91. The van der Waals surface area contributed by atoms with Gasteiger partial charge in [-0.1, -0.05) is 0 Å². The summed E-state index contributed by atoms with van der Waals surface area (Å²) in [7, 11) is -2.73. The minimum atomic E-state index is -2.73. The second-order valence-corrected chi connectivity index (χ2v) is 5.15. The number of hydrogen-bond acceptors (Lipinski definition) is 3. The summed E-state index contributed by atoms with van der Waals surface area (Å²) >= 11 is 0. The van der Waals surface area contributed by atoms with Crippen LogP contribution in [0.25, 0.3) is 0 Å². The van der Waals surface area contributed by atoms with E-state index in [-0.39, 0.29) is 11.8 Å². The number of nitrogens with two attached hydrogens (primary N) is 1. The van der Waals surface area contributed by atoms with Crippen molar-refractivity contribution in [3.05, 3.63) is 0 Å². The fourth-order valence-electron chi connectivity index (χ4n) is 1.14. The predicted molar refractivity (Wildman–Crippen MR) is 40.5 cm³/mol. The molecule has 0 aromatic heterocycles. The molecular weight excluding hydrogens is 150 g/mol. The van der Waals surface area contributed by atoms with Crippen LogP contribution in [0, 0.1) is 0 Å². The Morgan fingerprint density at radius 2 is 1.90 bits per heavy atom. The molecular formula is C6H13NO2S. The molecule has 0 radical (unpaired) electrons. The molecule has 0 aromatic rings. The molecule has 1 atom stereocenters. The average molecular weight is 163 g/mol. The summed E-state index contributed by atoms with van der Waals surface area (Å²) in [5.41, 5.74) is 5.59. The van der Waals surface area contributed by atoms with Crippen LogP contribution in [0.4, 0.5) is 0 Å². The Morgan fingerprint density at radius 1 is 1.20 bits per heavy atom. The molecule has 0 saturated carbocycles. The number of rotatable bonds is 0. The first-order valence-corrected chi connectivity index (χ1v) is 5.38. The highest BCUT2D eigenvalue weighted by Gasteiger charge is 2.17. The molecule has 3 nitrogen and oxygen atoms in total. The monoisotopic (exact) mass is 163 g/mol. The second-order valence-electron chi connectivity index (χ2n) is 2.84. The first-order chi connectivity index (χ1) is 4.60. The first kappa shape index (κ1) is 8.01. The van der Waals surface area contributed by atoms with Crippen molar-refractivity contribution in [1.82, 2.24) is 0 Å². The van der Waals surface area contributed by atoms with Crippen LogP contribution in [0.3, 0.4) is 0 Å². The highest BCUT2D eigenvalue weighted by molar-refractivity contribution is 7.91. The van der Waals surface area contributed by atoms with Crippen LogP contribution in [0.2, 0.25) is 0 Å².